The number of nitrogens with two attached hydrogens (primary N) is 1. The average molecular weight is 250 g/mol. The predicted molar refractivity (Wildman–Crippen MR) is 78.0 cm³/mol. The summed E-state index contributed by atoms with van der Waals surface area (Å²) in [5.74, 6) is 1.25. The largest absolute Gasteiger partial charge is 0.370 e. The summed E-state index contributed by atoms with van der Waals surface area (Å²) >= 11 is 2.11. The van der Waals surface area contributed by atoms with Gasteiger partial charge in [-0.2, -0.15) is 11.8 Å². The molecule has 2 nitrogen and oxygen atoms in total. The van der Waals surface area contributed by atoms with E-state index in [1.165, 1.54) is 36.5 Å². The van der Waals surface area contributed by atoms with Crippen LogP contribution in [0, 0.1) is 0 Å². The molecule has 0 spiro atoms. The lowest BCUT2D eigenvalue weighted by Gasteiger charge is -2.33. The molecule has 0 bridgehead atoms. The topological polar surface area (TPSA) is 29.3 Å². The third-order valence-electron chi connectivity index (χ3n) is 3.33. The molecule has 0 saturated carbocycles. The summed E-state index contributed by atoms with van der Waals surface area (Å²) in [5, 5.41) is 0.799. The second-order valence-electron chi connectivity index (χ2n) is 4.55. The maximum Gasteiger partial charge on any atom is 0.0367 e. The van der Waals surface area contributed by atoms with Gasteiger partial charge in [-0.1, -0.05) is 19.1 Å². The maximum absolute atomic E-state index is 5.56. The molecule has 0 radical (unpaired) electrons. The summed E-state index contributed by atoms with van der Waals surface area (Å²) in [6.07, 6.45) is 2.25. The highest BCUT2D eigenvalue weighted by Gasteiger charge is 2.18. The number of anilines is 1. The lowest BCUT2D eigenvalue weighted by atomic mass is 10.1. The first-order valence-electron chi connectivity index (χ1n) is 6.49. The first-order valence-corrected chi connectivity index (χ1v) is 7.54. The smallest absolute Gasteiger partial charge is 0.0367 e. The lowest BCUT2D eigenvalue weighted by Crippen LogP contribution is -2.37. The van der Waals surface area contributed by atoms with E-state index in [0.717, 1.165) is 18.2 Å². The second kappa shape index (κ2) is 6.31. The van der Waals surface area contributed by atoms with Gasteiger partial charge in [0.1, 0.15) is 0 Å². The van der Waals surface area contributed by atoms with Crippen LogP contribution in [0.2, 0.25) is 0 Å². The van der Waals surface area contributed by atoms with Gasteiger partial charge < -0.3 is 10.6 Å². The summed E-state index contributed by atoms with van der Waals surface area (Å²) in [6.45, 7) is 5.39. The minimum Gasteiger partial charge on any atom is -0.370 e. The van der Waals surface area contributed by atoms with Crippen molar-refractivity contribution in [2.24, 2.45) is 5.73 Å². The van der Waals surface area contributed by atoms with Crippen molar-refractivity contribution in [2.75, 3.05) is 30.3 Å². The van der Waals surface area contributed by atoms with Crippen LogP contribution in [-0.2, 0) is 6.42 Å². The predicted octanol–water partition coefficient (Wildman–Crippen LogP) is 2.52. The number of benzene rings is 1. The zero-order valence-corrected chi connectivity index (χ0v) is 11.4. The fraction of sp³-hybridized carbons (Fsp3) is 0.571. The lowest BCUT2D eigenvalue weighted by molar-refractivity contribution is 0.728. The zero-order chi connectivity index (χ0) is 12.1. The number of hydrogen-bond acceptors (Lipinski definition) is 3. The number of hydrogen-bond donors (Lipinski definition) is 1. The van der Waals surface area contributed by atoms with Crippen LogP contribution >= 0.6 is 11.8 Å². The molecule has 1 aliphatic rings. The molecular formula is C14H22N2S. The van der Waals surface area contributed by atoms with Crippen LogP contribution in [-0.4, -0.2) is 30.6 Å². The zero-order valence-electron chi connectivity index (χ0n) is 10.6. The summed E-state index contributed by atoms with van der Waals surface area (Å²) in [4.78, 5) is 2.51. The molecule has 1 unspecified atom stereocenters. The van der Waals surface area contributed by atoms with Crippen LogP contribution in [0.4, 0.5) is 5.69 Å². The summed E-state index contributed by atoms with van der Waals surface area (Å²) in [7, 11) is 0. The van der Waals surface area contributed by atoms with E-state index >= 15 is 0 Å². The number of rotatable bonds is 4. The van der Waals surface area contributed by atoms with Crippen LogP contribution in [0.5, 0.6) is 0 Å². The van der Waals surface area contributed by atoms with Crippen LogP contribution in [0.25, 0.3) is 0 Å². The van der Waals surface area contributed by atoms with Gasteiger partial charge in [0.2, 0.25) is 0 Å². The Morgan fingerprint density at radius 2 is 2.12 bits per heavy atom. The molecule has 0 aliphatic carbocycles. The van der Waals surface area contributed by atoms with E-state index in [9.17, 15) is 0 Å². The molecule has 1 aromatic carbocycles. The molecule has 1 fully saturated rings. The molecule has 1 atom stereocenters. The Morgan fingerprint density at radius 3 is 2.76 bits per heavy atom. The van der Waals surface area contributed by atoms with Crippen molar-refractivity contribution in [1.29, 1.82) is 0 Å². The number of nitrogens with zero attached hydrogens (tertiary/aromatic N) is 1. The van der Waals surface area contributed by atoms with Crippen LogP contribution in [0.3, 0.4) is 0 Å². The van der Waals surface area contributed by atoms with E-state index in [-0.39, 0.29) is 0 Å². The Kier molecular flexibility index (Phi) is 4.75. The molecule has 3 heteroatoms. The van der Waals surface area contributed by atoms with Crippen LogP contribution < -0.4 is 10.6 Å². The van der Waals surface area contributed by atoms with Crippen molar-refractivity contribution in [3.8, 4) is 0 Å². The van der Waals surface area contributed by atoms with Gasteiger partial charge in [0, 0.05) is 29.8 Å². The van der Waals surface area contributed by atoms with Crippen molar-refractivity contribution in [3.63, 3.8) is 0 Å². The maximum atomic E-state index is 5.56. The van der Waals surface area contributed by atoms with Crippen molar-refractivity contribution < 1.29 is 0 Å². The van der Waals surface area contributed by atoms with Gasteiger partial charge in [0.05, 0.1) is 0 Å². The van der Waals surface area contributed by atoms with E-state index in [0.29, 0.717) is 0 Å². The van der Waals surface area contributed by atoms with Crippen LogP contribution in [0.1, 0.15) is 18.9 Å². The Hall–Kier alpha value is -0.670. The molecule has 2 rings (SSSR count). The summed E-state index contributed by atoms with van der Waals surface area (Å²) in [5.41, 5.74) is 8.27. The van der Waals surface area contributed by atoms with Crippen molar-refractivity contribution in [3.05, 3.63) is 29.8 Å². The first kappa shape index (κ1) is 12.8. The van der Waals surface area contributed by atoms with Crippen molar-refractivity contribution in [2.45, 2.75) is 25.0 Å². The standard InChI is InChI=1S/C14H22N2S/c1-2-14-11-16(9-10-17-14)13-5-3-12(4-6-13)7-8-15/h3-6,14H,2,7-11,15H2,1H3. The number of thioether (sulfide) groups is 1. The van der Waals surface area contributed by atoms with Crippen molar-refractivity contribution in [1.82, 2.24) is 0 Å². The van der Waals surface area contributed by atoms with Gasteiger partial charge in [0.25, 0.3) is 0 Å². The molecular weight excluding hydrogens is 228 g/mol. The summed E-state index contributed by atoms with van der Waals surface area (Å²) in [6, 6.07) is 8.91. The highest BCUT2D eigenvalue weighted by molar-refractivity contribution is 8.00. The Bertz CT molecular complexity index is 337. The summed E-state index contributed by atoms with van der Waals surface area (Å²) < 4.78 is 0. The first-order chi connectivity index (χ1) is 8.33. The van der Waals surface area contributed by atoms with E-state index in [4.69, 9.17) is 5.73 Å². The molecule has 94 valence electrons. The minimum absolute atomic E-state index is 0.734. The van der Waals surface area contributed by atoms with Gasteiger partial charge in [0.15, 0.2) is 0 Å². The Balaban J connectivity index is 2.01. The van der Waals surface area contributed by atoms with E-state index in [1.54, 1.807) is 0 Å². The second-order valence-corrected chi connectivity index (χ2v) is 5.96. The average Bonchev–Trinajstić information content (AvgIpc) is 2.40. The van der Waals surface area contributed by atoms with Gasteiger partial charge in [-0.3, -0.25) is 0 Å². The van der Waals surface area contributed by atoms with Gasteiger partial charge in [-0.15, -0.1) is 0 Å². The van der Waals surface area contributed by atoms with Gasteiger partial charge in [-0.25, -0.2) is 0 Å². The fourth-order valence-corrected chi connectivity index (χ4v) is 3.42. The molecule has 1 aliphatic heterocycles. The van der Waals surface area contributed by atoms with Gasteiger partial charge >= 0.3 is 0 Å². The molecule has 1 saturated heterocycles. The van der Waals surface area contributed by atoms with E-state index in [1.807, 2.05) is 0 Å². The third kappa shape index (κ3) is 3.39. The molecule has 1 heterocycles. The van der Waals surface area contributed by atoms with E-state index < -0.39 is 0 Å². The van der Waals surface area contributed by atoms with Crippen molar-refractivity contribution >= 4 is 17.4 Å². The SMILES string of the molecule is CCC1CN(c2ccc(CCN)cc2)CCS1. The minimum atomic E-state index is 0.734. The normalized spacial score (nSPS) is 20.6. The molecule has 0 aromatic heterocycles. The molecule has 17 heavy (non-hydrogen) atoms. The molecule has 1 aromatic rings. The molecule has 0 amide bonds. The Labute approximate surface area is 109 Å². The fourth-order valence-electron chi connectivity index (χ4n) is 2.24. The van der Waals surface area contributed by atoms with Gasteiger partial charge in [-0.05, 0) is 37.1 Å². The monoisotopic (exact) mass is 250 g/mol. The molecule has 2 N–H and O–H groups in total. The quantitative estimate of drug-likeness (QED) is 0.890. The van der Waals surface area contributed by atoms with E-state index in [2.05, 4.69) is 47.9 Å². The highest BCUT2D eigenvalue weighted by Crippen LogP contribution is 2.25. The highest BCUT2D eigenvalue weighted by atomic mass is 32.2. The van der Waals surface area contributed by atoms with Crippen LogP contribution in [0.15, 0.2) is 24.3 Å². The third-order valence-corrected chi connectivity index (χ3v) is 4.70. The Morgan fingerprint density at radius 1 is 1.35 bits per heavy atom.